The average molecular weight is 321 g/mol. The Bertz CT molecular complexity index is 468. The maximum Gasteiger partial charge on any atom is 0.153 e. The van der Waals surface area contributed by atoms with Crippen LogP contribution in [0.3, 0.4) is 0 Å². The topological polar surface area (TPSA) is 43.6 Å². The number of aryl methyl sites for hydroxylation is 1. The van der Waals surface area contributed by atoms with Gasteiger partial charge in [-0.2, -0.15) is 4.68 Å². The molecule has 0 aliphatic rings. The van der Waals surface area contributed by atoms with Gasteiger partial charge >= 0.3 is 0 Å². The van der Waals surface area contributed by atoms with E-state index < -0.39 is 0 Å². The zero-order valence-electron chi connectivity index (χ0n) is 7.28. The summed E-state index contributed by atoms with van der Waals surface area (Å²) in [5, 5.41) is 11.9. The molecule has 0 saturated carbocycles. The molecule has 6 heteroatoms. The molecule has 0 bridgehead atoms. The fourth-order valence-electron chi connectivity index (χ4n) is 1.10. The summed E-state index contributed by atoms with van der Waals surface area (Å²) in [4.78, 5) is 0. The Hall–Kier alpha value is -0.690. The third-order valence-electron chi connectivity index (χ3n) is 1.76. The van der Waals surface area contributed by atoms with E-state index in [0.29, 0.717) is 10.8 Å². The Kier molecular flexibility index (Phi) is 2.69. The number of rotatable bonds is 1. The molecule has 0 atom stereocenters. The van der Waals surface area contributed by atoms with E-state index in [4.69, 9.17) is 11.6 Å². The molecule has 2 rings (SSSR count). The molecule has 0 radical (unpaired) electrons. The Morgan fingerprint density at radius 1 is 1.43 bits per heavy atom. The normalized spacial score (nSPS) is 10.5. The van der Waals surface area contributed by atoms with Crippen molar-refractivity contribution in [2.24, 2.45) is 0 Å². The Morgan fingerprint density at radius 2 is 2.21 bits per heavy atom. The van der Waals surface area contributed by atoms with Gasteiger partial charge in [0.05, 0.1) is 10.7 Å². The first-order valence-corrected chi connectivity index (χ1v) is 5.34. The van der Waals surface area contributed by atoms with E-state index in [1.807, 2.05) is 25.1 Å². The molecule has 0 amide bonds. The summed E-state index contributed by atoms with van der Waals surface area (Å²) >= 11 is 8.26. The molecule has 14 heavy (non-hydrogen) atoms. The highest BCUT2D eigenvalue weighted by atomic mass is 127. The average Bonchev–Trinajstić information content (AvgIpc) is 2.56. The van der Waals surface area contributed by atoms with Crippen molar-refractivity contribution in [3.63, 3.8) is 0 Å². The van der Waals surface area contributed by atoms with Gasteiger partial charge in [-0.05, 0) is 58.1 Å². The minimum absolute atomic E-state index is 0.640. The molecule has 1 heterocycles. The van der Waals surface area contributed by atoms with E-state index in [-0.39, 0.29) is 0 Å². The van der Waals surface area contributed by atoms with Gasteiger partial charge in [0.25, 0.3) is 0 Å². The first-order chi connectivity index (χ1) is 6.68. The van der Waals surface area contributed by atoms with Gasteiger partial charge in [-0.3, -0.25) is 0 Å². The second-order valence-corrected chi connectivity index (χ2v) is 4.39. The molecule has 0 aliphatic heterocycles. The third-order valence-corrected chi connectivity index (χ3v) is 2.75. The van der Waals surface area contributed by atoms with Gasteiger partial charge in [-0.1, -0.05) is 11.6 Å². The van der Waals surface area contributed by atoms with Gasteiger partial charge in [0, 0.05) is 3.57 Å². The maximum absolute atomic E-state index is 6.04. The summed E-state index contributed by atoms with van der Waals surface area (Å²) < 4.78 is 2.71. The summed E-state index contributed by atoms with van der Waals surface area (Å²) in [5.74, 6) is 0.717. The van der Waals surface area contributed by atoms with Gasteiger partial charge in [0.15, 0.2) is 5.82 Å². The predicted octanol–water partition coefficient (Wildman–Crippen LogP) is 2.23. The lowest BCUT2D eigenvalue weighted by Crippen LogP contribution is -2.00. The number of hydrogen-bond acceptors (Lipinski definition) is 3. The zero-order valence-corrected chi connectivity index (χ0v) is 10.2. The van der Waals surface area contributed by atoms with Crippen LogP contribution in [0.4, 0.5) is 0 Å². The monoisotopic (exact) mass is 320 g/mol. The molecule has 4 nitrogen and oxygen atoms in total. The van der Waals surface area contributed by atoms with Gasteiger partial charge in [-0.15, -0.1) is 5.10 Å². The molecule has 1 aromatic carbocycles. The van der Waals surface area contributed by atoms with Crippen molar-refractivity contribution >= 4 is 34.2 Å². The second kappa shape index (κ2) is 3.82. The van der Waals surface area contributed by atoms with Crippen LogP contribution in [0.1, 0.15) is 5.82 Å². The summed E-state index contributed by atoms with van der Waals surface area (Å²) in [6.07, 6.45) is 0. The molecule has 2 aromatic rings. The Morgan fingerprint density at radius 3 is 2.86 bits per heavy atom. The van der Waals surface area contributed by atoms with Gasteiger partial charge in [0.1, 0.15) is 0 Å². The summed E-state index contributed by atoms with van der Waals surface area (Å²) in [5.41, 5.74) is 0.807. The molecule has 0 aliphatic carbocycles. The van der Waals surface area contributed by atoms with E-state index in [0.717, 1.165) is 9.26 Å². The molecular formula is C8H6ClIN4. The van der Waals surface area contributed by atoms with Crippen LogP contribution in [0.5, 0.6) is 0 Å². The standard InChI is InChI=1S/C8H6ClIN4/c1-5-11-12-13-14(5)8-4-6(10)2-3-7(8)9/h2-4H,1H3. The molecule has 0 spiro atoms. The lowest BCUT2D eigenvalue weighted by molar-refractivity contribution is 0.779. The van der Waals surface area contributed by atoms with Crippen LogP contribution in [0.15, 0.2) is 18.2 Å². The highest BCUT2D eigenvalue weighted by molar-refractivity contribution is 14.1. The molecule has 72 valence electrons. The van der Waals surface area contributed by atoms with Crippen molar-refractivity contribution in [3.05, 3.63) is 32.6 Å². The van der Waals surface area contributed by atoms with Crippen LogP contribution >= 0.6 is 34.2 Å². The van der Waals surface area contributed by atoms with E-state index in [1.54, 1.807) is 4.68 Å². The lowest BCUT2D eigenvalue weighted by Gasteiger charge is -2.04. The first-order valence-electron chi connectivity index (χ1n) is 3.89. The Balaban J connectivity index is 2.62. The van der Waals surface area contributed by atoms with Crippen LogP contribution in [-0.4, -0.2) is 20.2 Å². The molecular weight excluding hydrogens is 314 g/mol. The van der Waals surface area contributed by atoms with Crippen molar-refractivity contribution in [3.8, 4) is 5.69 Å². The summed E-state index contributed by atoms with van der Waals surface area (Å²) in [6, 6.07) is 5.71. The number of nitrogens with zero attached hydrogens (tertiary/aromatic N) is 4. The van der Waals surface area contributed by atoms with Gasteiger partial charge in [-0.25, -0.2) is 0 Å². The van der Waals surface area contributed by atoms with Crippen molar-refractivity contribution in [1.82, 2.24) is 20.2 Å². The van der Waals surface area contributed by atoms with Crippen LogP contribution in [0.2, 0.25) is 5.02 Å². The van der Waals surface area contributed by atoms with Gasteiger partial charge in [0.2, 0.25) is 0 Å². The fraction of sp³-hybridized carbons (Fsp3) is 0.125. The van der Waals surface area contributed by atoms with Crippen LogP contribution < -0.4 is 0 Å². The SMILES string of the molecule is Cc1nnnn1-c1cc(I)ccc1Cl. The third kappa shape index (κ3) is 1.74. The molecule has 0 fully saturated rings. The number of benzene rings is 1. The van der Waals surface area contributed by atoms with Crippen LogP contribution in [0.25, 0.3) is 5.69 Å². The first kappa shape index (κ1) is 9.85. The molecule has 0 N–H and O–H groups in total. The van der Waals surface area contributed by atoms with E-state index >= 15 is 0 Å². The second-order valence-electron chi connectivity index (χ2n) is 2.73. The van der Waals surface area contributed by atoms with Crippen molar-refractivity contribution in [2.75, 3.05) is 0 Å². The smallest absolute Gasteiger partial charge is 0.153 e. The largest absolute Gasteiger partial charge is 0.196 e. The molecule has 0 saturated heterocycles. The fourth-order valence-corrected chi connectivity index (χ4v) is 1.77. The minimum atomic E-state index is 0.640. The zero-order chi connectivity index (χ0) is 10.1. The summed E-state index contributed by atoms with van der Waals surface area (Å²) in [6.45, 7) is 1.83. The number of aromatic nitrogens is 4. The number of tetrazole rings is 1. The highest BCUT2D eigenvalue weighted by Crippen LogP contribution is 2.22. The highest BCUT2D eigenvalue weighted by Gasteiger charge is 2.07. The summed E-state index contributed by atoms with van der Waals surface area (Å²) in [7, 11) is 0. The van der Waals surface area contributed by atoms with Crippen molar-refractivity contribution in [2.45, 2.75) is 6.92 Å². The predicted molar refractivity (Wildman–Crippen MR) is 61.6 cm³/mol. The minimum Gasteiger partial charge on any atom is -0.196 e. The van der Waals surface area contributed by atoms with Crippen molar-refractivity contribution < 1.29 is 0 Å². The van der Waals surface area contributed by atoms with E-state index in [1.165, 1.54) is 0 Å². The molecule has 0 unspecified atom stereocenters. The lowest BCUT2D eigenvalue weighted by atomic mass is 10.3. The van der Waals surface area contributed by atoms with E-state index in [2.05, 4.69) is 38.1 Å². The Labute approximate surface area is 99.4 Å². The quantitative estimate of drug-likeness (QED) is 0.757. The van der Waals surface area contributed by atoms with Gasteiger partial charge < -0.3 is 0 Å². The number of hydrogen-bond donors (Lipinski definition) is 0. The van der Waals surface area contributed by atoms with Crippen molar-refractivity contribution in [1.29, 1.82) is 0 Å². The van der Waals surface area contributed by atoms with E-state index in [9.17, 15) is 0 Å². The van der Waals surface area contributed by atoms with Crippen LogP contribution in [0, 0.1) is 10.5 Å². The van der Waals surface area contributed by atoms with Crippen LogP contribution in [-0.2, 0) is 0 Å². The number of halogens is 2. The molecule has 1 aromatic heterocycles. The maximum atomic E-state index is 6.04.